The standard InChI is InChI=1S/C24H21ClN4S/c25-17-11-9-16(10-12-17)20-19(15-26)22(27)28-23-21(20)30-24(13-5-2-6-14-24)29(23)18-7-3-1-4-8-18/h1,3-4,7-12H,2,5-6,13-14H2,(H2,27,28). The van der Waals surface area contributed by atoms with Gasteiger partial charge in [-0.25, -0.2) is 4.98 Å². The average Bonchev–Trinajstić information content (AvgIpc) is 3.07. The molecular weight excluding hydrogens is 412 g/mol. The van der Waals surface area contributed by atoms with Crippen molar-refractivity contribution in [1.29, 1.82) is 5.26 Å². The average molecular weight is 433 g/mol. The molecule has 2 aliphatic rings. The molecule has 0 bridgehead atoms. The highest BCUT2D eigenvalue weighted by atomic mass is 35.5. The fourth-order valence-electron chi connectivity index (χ4n) is 4.62. The molecule has 0 saturated heterocycles. The number of para-hydroxylation sites is 1. The second kappa shape index (κ2) is 7.54. The molecule has 1 saturated carbocycles. The summed E-state index contributed by atoms with van der Waals surface area (Å²) in [6.07, 6.45) is 5.77. The van der Waals surface area contributed by atoms with E-state index >= 15 is 0 Å². The maximum Gasteiger partial charge on any atom is 0.151 e. The molecule has 1 fully saturated rings. The highest BCUT2D eigenvalue weighted by Gasteiger charge is 2.48. The number of fused-ring (bicyclic) bond motifs is 1. The van der Waals surface area contributed by atoms with Crippen LogP contribution in [0.1, 0.15) is 37.7 Å². The minimum absolute atomic E-state index is 0.101. The third-order valence-electron chi connectivity index (χ3n) is 5.97. The topological polar surface area (TPSA) is 65.9 Å². The van der Waals surface area contributed by atoms with E-state index in [1.807, 2.05) is 42.1 Å². The third-order valence-corrected chi connectivity index (χ3v) is 7.78. The first-order valence-electron chi connectivity index (χ1n) is 10.2. The van der Waals surface area contributed by atoms with E-state index < -0.39 is 0 Å². The van der Waals surface area contributed by atoms with Gasteiger partial charge >= 0.3 is 0 Å². The molecule has 3 aromatic rings. The number of hydrogen-bond donors (Lipinski definition) is 1. The van der Waals surface area contributed by atoms with Crippen LogP contribution in [-0.2, 0) is 0 Å². The lowest BCUT2D eigenvalue weighted by molar-refractivity contribution is 0.405. The van der Waals surface area contributed by atoms with Crippen LogP contribution in [0.3, 0.4) is 0 Å². The van der Waals surface area contributed by atoms with Gasteiger partial charge in [-0.3, -0.25) is 0 Å². The number of nitrogens with zero attached hydrogens (tertiary/aromatic N) is 3. The van der Waals surface area contributed by atoms with Crippen LogP contribution in [0.25, 0.3) is 11.1 Å². The van der Waals surface area contributed by atoms with Crippen molar-refractivity contribution in [3.8, 4) is 17.2 Å². The summed E-state index contributed by atoms with van der Waals surface area (Å²) in [7, 11) is 0. The van der Waals surface area contributed by atoms with Crippen LogP contribution in [0.15, 0.2) is 59.5 Å². The minimum atomic E-state index is -0.101. The number of nitriles is 1. The lowest BCUT2D eigenvalue weighted by Gasteiger charge is -2.41. The predicted molar refractivity (Wildman–Crippen MR) is 124 cm³/mol. The van der Waals surface area contributed by atoms with Crippen LogP contribution >= 0.6 is 23.4 Å². The lowest BCUT2D eigenvalue weighted by Crippen LogP contribution is -2.41. The minimum Gasteiger partial charge on any atom is -0.383 e. The summed E-state index contributed by atoms with van der Waals surface area (Å²) in [5.74, 6) is 1.13. The molecule has 5 rings (SSSR count). The normalized spacial score (nSPS) is 17.0. The second-order valence-corrected chi connectivity index (χ2v) is 9.61. The predicted octanol–water partition coefficient (Wildman–Crippen LogP) is 6.76. The molecule has 2 heterocycles. The first-order valence-corrected chi connectivity index (χ1v) is 11.4. The van der Waals surface area contributed by atoms with Crippen LogP contribution in [-0.4, -0.2) is 9.85 Å². The van der Waals surface area contributed by atoms with Crippen molar-refractivity contribution >= 4 is 40.7 Å². The molecule has 1 aromatic heterocycles. The van der Waals surface area contributed by atoms with E-state index in [4.69, 9.17) is 22.3 Å². The molecule has 2 N–H and O–H groups in total. The zero-order chi connectivity index (χ0) is 20.7. The van der Waals surface area contributed by atoms with Crippen molar-refractivity contribution in [2.24, 2.45) is 0 Å². The van der Waals surface area contributed by atoms with Gasteiger partial charge in [0.1, 0.15) is 17.5 Å². The Morgan fingerprint density at radius 1 is 1.03 bits per heavy atom. The number of nitrogen functional groups attached to an aromatic ring is 1. The fourth-order valence-corrected chi connectivity index (χ4v) is 6.45. The molecular formula is C24H21ClN4S. The van der Waals surface area contributed by atoms with Gasteiger partial charge < -0.3 is 10.6 Å². The SMILES string of the molecule is N#Cc1c(N)nc2c(c1-c1ccc(Cl)cc1)SC1(CCCCC1)N2c1ccccc1. The highest BCUT2D eigenvalue weighted by molar-refractivity contribution is 8.01. The summed E-state index contributed by atoms with van der Waals surface area (Å²) in [4.78, 5) is 8.07. The number of nitrogens with two attached hydrogens (primary N) is 1. The summed E-state index contributed by atoms with van der Waals surface area (Å²) in [5.41, 5.74) is 9.69. The molecule has 1 spiro atoms. The van der Waals surface area contributed by atoms with E-state index in [0.29, 0.717) is 10.6 Å². The molecule has 30 heavy (non-hydrogen) atoms. The van der Waals surface area contributed by atoms with Crippen molar-refractivity contribution in [2.75, 3.05) is 10.6 Å². The van der Waals surface area contributed by atoms with E-state index in [-0.39, 0.29) is 10.7 Å². The fraction of sp³-hybridized carbons (Fsp3) is 0.250. The van der Waals surface area contributed by atoms with Crippen LogP contribution in [0.4, 0.5) is 17.3 Å². The molecule has 1 aliphatic heterocycles. The third kappa shape index (κ3) is 3.03. The Morgan fingerprint density at radius 2 is 1.73 bits per heavy atom. The maximum absolute atomic E-state index is 9.91. The monoisotopic (exact) mass is 432 g/mol. The molecule has 0 atom stereocenters. The van der Waals surface area contributed by atoms with E-state index in [1.54, 1.807) is 0 Å². The quantitative estimate of drug-likeness (QED) is 0.484. The highest BCUT2D eigenvalue weighted by Crippen LogP contribution is 2.61. The van der Waals surface area contributed by atoms with Crippen LogP contribution in [0.5, 0.6) is 0 Å². The second-order valence-electron chi connectivity index (χ2n) is 7.80. The van der Waals surface area contributed by atoms with Gasteiger partial charge in [-0.15, -0.1) is 0 Å². The lowest BCUT2D eigenvalue weighted by atomic mass is 9.92. The van der Waals surface area contributed by atoms with Gasteiger partial charge in [0.2, 0.25) is 0 Å². The Labute approximate surface area is 185 Å². The van der Waals surface area contributed by atoms with Crippen molar-refractivity contribution < 1.29 is 0 Å². The van der Waals surface area contributed by atoms with E-state index in [0.717, 1.165) is 40.4 Å². The van der Waals surface area contributed by atoms with Crippen molar-refractivity contribution in [3.05, 3.63) is 65.2 Å². The van der Waals surface area contributed by atoms with Gasteiger partial charge in [-0.1, -0.05) is 73.0 Å². The number of benzene rings is 2. The maximum atomic E-state index is 9.91. The van der Waals surface area contributed by atoms with Crippen LogP contribution < -0.4 is 10.6 Å². The summed E-state index contributed by atoms with van der Waals surface area (Å²) >= 11 is 7.98. The van der Waals surface area contributed by atoms with Crippen LogP contribution in [0, 0.1) is 11.3 Å². The number of anilines is 3. The number of aromatic nitrogens is 1. The number of rotatable bonds is 2. The molecule has 0 radical (unpaired) electrons. The van der Waals surface area contributed by atoms with Gasteiger partial charge in [-0.2, -0.15) is 5.26 Å². The van der Waals surface area contributed by atoms with Crippen molar-refractivity contribution in [2.45, 2.75) is 41.9 Å². The van der Waals surface area contributed by atoms with Crippen molar-refractivity contribution in [3.63, 3.8) is 0 Å². The van der Waals surface area contributed by atoms with Gasteiger partial charge in [0.25, 0.3) is 0 Å². The number of thioether (sulfide) groups is 1. The Hall–Kier alpha value is -2.68. The molecule has 0 unspecified atom stereocenters. The Kier molecular flexibility index (Phi) is 4.85. The smallest absolute Gasteiger partial charge is 0.151 e. The zero-order valence-corrected chi connectivity index (χ0v) is 18.0. The summed E-state index contributed by atoms with van der Waals surface area (Å²) in [5, 5.41) is 10.6. The summed E-state index contributed by atoms with van der Waals surface area (Å²) in [6, 6.07) is 20.3. The molecule has 0 amide bonds. The number of pyridine rings is 1. The Morgan fingerprint density at radius 3 is 2.40 bits per heavy atom. The van der Waals surface area contributed by atoms with Gasteiger partial charge in [0.15, 0.2) is 5.82 Å². The first kappa shape index (κ1) is 19.3. The van der Waals surface area contributed by atoms with Gasteiger partial charge in [0.05, 0.1) is 9.77 Å². The number of hydrogen-bond acceptors (Lipinski definition) is 5. The summed E-state index contributed by atoms with van der Waals surface area (Å²) < 4.78 is 0. The zero-order valence-electron chi connectivity index (χ0n) is 16.4. The molecule has 4 nitrogen and oxygen atoms in total. The van der Waals surface area contributed by atoms with E-state index in [1.165, 1.54) is 19.3 Å². The van der Waals surface area contributed by atoms with E-state index in [2.05, 4.69) is 35.2 Å². The Balaban J connectivity index is 1.78. The number of halogens is 1. The molecule has 1 aliphatic carbocycles. The van der Waals surface area contributed by atoms with E-state index in [9.17, 15) is 5.26 Å². The van der Waals surface area contributed by atoms with Crippen LogP contribution in [0.2, 0.25) is 5.02 Å². The summed E-state index contributed by atoms with van der Waals surface area (Å²) in [6.45, 7) is 0. The Bertz CT molecular complexity index is 1130. The van der Waals surface area contributed by atoms with Gasteiger partial charge in [0, 0.05) is 16.3 Å². The van der Waals surface area contributed by atoms with Crippen molar-refractivity contribution in [1.82, 2.24) is 4.98 Å². The molecule has 6 heteroatoms. The molecule has 2 aromatic carbocycles. The molecule has 150 valence electrons. The largest absolute Gasteiger partial charge is 0.383 e. The van der Waals surface area contributed by atoms with Gasteiger partial charge in [-0.05, 0) is 42.7 Å². The first-order chi connectivity index (χ1) is 14.6.